The number of methoxy groups -OCH3 is 1. The molecule has 1 unspecified atom stereocenters. The Labute approximate surface area is 122 Å². The maximum Gasteiger partial charge on any atom is 0.305 e. The summed E-state index contributed by atoms with van der Waals surface area (Å²) in [4.78, 5) is 27.3. The van der Waals surface area contributed by atoms with Gasteiger partial charge in [-0.25, -0.2) is 4.98 Å². The number of hydrogen-bond donors (Lipinski definition) is 2. The minimum Gasteiger partial charge on any atom is -0.481 e. The lowest BCUT2D eigenvalue weighted by molar-refractivity contribution is -0.138. The molecular weight excluding hydrogens is 280 g/mol. The number of rotatable bonds is 7. The largest absolute Gasteiger partial charge is 0.481 e. The lowest BCUT2D eigenvalue weighted by atomic mass is 9.85. The molecule has 112 valence electrons. The number of ether oxygens (including phenoxy) is 1. The molecule has 0 saturated carbocycles. The summed E-state index contributed by atoms with van der Waals surface area (Å²) in [5.41, 5.74) is -0.521. The maximum absolute atomic E-state index is 12.2. The van der Waals surface area contributed by atoms with Crippen LogP contribution in [0.1, 0.15) is 42.7 Å². The molecule has 1 atom stereocenters. The molecule has 0 aliphatic rings. The number of nitrogens with one attached hydrogen (secondary N) is 1. The quantitative estimate of drug-likeness (QED) is 0.803. The Morgan fingerprint density at radius 3 is 2.70 bits per heavy atom. The fourth-order valence-electron chi connectivity index (χ4n) is 1.64. The van der Waals surface area contributed by atoms with Gasteiger partial charge in [-0.05, 0) is 12.8 Å². The second kappa shape index (κ2) is 6.81. The molecule has 2 N–H and O–H groups in total. The zero-order valence-electron chi connectivity index (χ0n) is 12.1. The molecule has 1 rings (SSSR count). The van der Waals surface area contributed by atoms with Crippen molar-refractivity contribution >= 4 is 23.2 Å². The van der Waals surface area contributed by atoms with E-state index >= 15 is 0 Å². The molecule has 1 aromatic rings. The molecule has 0 spiro atoms. The van der Waals surface area contributed by atoms with Crippen molar-refractivity contribution < 1.29 is 19.4 Å². The van der Waals surface area contributed by atoms with Gasteiger partial charge in [0.25, 0.3) is 5.91 Å². The molecule has 1 heterocycles. The van der Waals surface area contributed by atoms with Gasteiger partial charge in [0.05, 0.1) is 18.6 Å². The van der Waals surface area contributed by atoms with Crippen molar-refractivity contribution in [3.63, 3.8) is 0 Å². The van der Waals surface area contributed by atoms with Gasteiger partial charge in [0.2, 0.25) is 0 Å². The van der Waals surface area contributed by atoms with Crippen LogP contribution in [0, 0.1) is 5.92 Å². The molecule has 0 radical (unpaired) electrons. The molecule has 6 nitrogen and oxygen atoms in total. The van der Waals surface area contributed by atoms with Crippen molar-refractivity contribution in [1.82, 2.24) is 10.3 Å². The minimum atomic E-state index is -0.945. The molecule has 0 fully saturated rings. The van der Waals surface area contributed by atoms with Gasteiger partial charge in [0.15, 0.2) is 0 Å². The summed E-state index contributed by atoms with van der Waals surface area (Å²) in [7, 11) is 1.56. The molecule has 0 aliphatic heterocycles. The Bertz CT molecular complexity index is 486. The summed E-state index contributed by atoms with van der Waals surface area (Å²) >= 11 is 1.34. The van der Waals surface area contributed by atoms with E-state index in [1.807, 2.05) is 13.8 Å². The highest BCUT2D eigenvalue weighted by molar-refractivity contribution is 7.09. The van der Waals surface area contributed by atoms with Gasteiger partial charge in [-0.2, -0.15) is 0 Å². The lowest BCUT2D eigenvalue weighted by Gasteiger charge is -2.33. The lowest BCUT2D eigenvalue weighted by Crippen LogP contribution is -2.51. The van der Waals surface area contributed by atoms with Crippen molar-refractivity contribution in [2.45, 2.75) is 39.3 Å². The molecule has 7 heteroatoms. The highest BCUT2D eigenvalue weighted by Crippen LogP contribution is 2.22. The molecule has 0 aliphatic carbocycles. The predicted octanol–water partition coefficient (Wildman–Crippen LogP) is 1.91. The SMILES string of the molecule is COCc1nc(C(=O)NC(C)(CC(=O)O)C(C)C)cs1. The second-order valence-electron chi connectivity index (χ2n) is 5.16. The van der Waals surface area contributed by atoms with E-state index in [-0.39, 0.29) is 18.2 Å². The first-order chi connectivity index (χ1) is 9.28. The summed E-state index contributed by atoms with van der Waals surface area (Å²) in [5, 5.41) is 14.1. The Hall–Kier alpha value is -1.47. The van der Waals surface area contributed by atoms with Crippen LogP contribution in [0.5, 0.6) is 0 Å². The average Bonchev–Trinajstić information content (AvgIpc) is 2.76. The molecule has 1 amide bonds. The number of thiazole rings is 1. The van der Waals surface area contributed by atoms with Crippen LogP contribution in [-0.4, -0.2) is 34.6 Å². The molecule has 0 saturated heterocycles. The summed E-state index contributed by atoms with van der Waals surface area (Å²) in [6.45, 7) is 5.84. The number of aromatic nitrogens is 1. The Morgan fingerprint density at radius 1 is 1.55 bits per heavy atom. The molecule has 1 aromatic heterocycles. The first-order valence-corrected chi connectivity index (χ1v) is 7.14. The number of carbonyl (C=O) groups excluding carboxylic acids is 1. The zero-order valence-corrected chi connectivity index (χ0v) is 12.9. The van der Waals surface area contributed by atoms with Crippen molar-refractivity contribution in [3.05, 3.63) is 16.1 Å². The number of carboxylic acids is 1. The van der Waals surface area contributed by atoms with Gasteiger partial charge in [-0.15, -0.1) is 11.3 Å². The van der Waals surface area contributed by atoms with E-state index in [4.69, 9.17) is 9.84 Å². The molecule has 0 aromatic carbocycles. The van der Waals surface area contributed by atoms with Crippen LogP contribution in [0.15, 0.2) is 5.38 Å². The molecule has 0 bridgehead atoms. The number of aliphatic carboxylic acids is 1. The van der Waals surface area contributed by atoms with E-state index in [0.717, 1.165) is 0 Å². The van der Waals surface area contributed by atoms with Gasteiger partial charge in [-0.1, -0.05) is 13.8 Å². The van der Waals surface area contributed by atoms with Gasteiger partial charge in [0.1, 0.15) is 10.7 Å². The van der Waals surface area contributed by atoms with Crippen LogP contribution in [0.4, 0.5) is 0 Å². The van der Waals surface area contributed by atoms with E-state index in [1.165, 1.54) is 11.3 Å². The minimum absolute atomic E-state index is 0.0142. The van der Waals surface area contributed by atoms with Gasteiger partial charge < -0.3 is 15.2 Å². The molecular formula is C13H20N2O4S. The third-order valence-corrected chi connectivity index (χ3v) is 4.07. The molecule has 20 heavy (non-hydrogen) atoms. The first-order valence-electron chi connectivity index (χ1n) is 6.26. The van der Waals surface area contributed by atoms with Gasteiger partial charge in [0, 0.05) is 12.5 Å². The van der Waals surface area contributed by atoms with E-state index in [2.05, 4.69) is 10.3 Å². The normalized spacial score (nSPS) is 14.1. The van der Waals surface area contributed by atoms with Crippen molar-refractivity contribution in [3.8, 4) is 0 Å². The number of carbonyl (C=O) groups is 2. The van der Waals surface area contributed by atoms with Crippen LogP contribution < -0.4 is 5.32 Å². The van der Waals surface area contributed by atoms with Crippen molar-refractivity contribution in [1.29, 1.82) is 0 Å². The Balaban J connectivity index is 2.82. The van der Waals surface area contributed by atoms with E-state index in [0.29, 0.717) is 17.3 Å². The summed E-state index contributed by atoms with van der Waals surface area (Å²) < 4.78 is 4.95. The summed E-state index contributed by atoms with van der Waals surface area (Å²) in [6.07, 6.45) is -0.133. The van der Waals surface area contributed by atoms with Crippen molar-refractivity contribution in [2.75, 3.05) is 7.11 Å². The third kappa shape index (κ3) is 4.28. The average molecular weight is 300 g/mol. The van der Waals surface area contributed by atoms with Crippen LogP contribution in [-0.2, 0) is 16.1 Å². The van der Waals surface area contributed by atoms with E-state index < -0.39 is 11.5 Å². The van der Waals surface area contributed by atoms with E-state index in [9.17, 15) is 9.59 Å². The number of carboxylic acid groups (broad SMARTS) is 1. The Kier molecular flexibility index (Phi) is 5.64. The van der Waals surface area contributed by atoms with E-state index in [1.54, 1.807) is 19.4 Å². The second-order valence-corrected chi connectivity index (χ2v) is 6.10. The van der Waals surface area contributed by atoms with Crippen LogP contribution in [0.25, 0.3) is 0 Å². The highest BCUT2D eigenvalue weighted by atomic mass is 32.1. The van der Waals surface area contributed by atoms with Gasteiger partial charge in [-0.3, -0.25) is 9.59 Å². The fourth-order valence-corrected chi connectivity index (χ4v) is 2.38. The summed E-state index contributed by atoms with van der Waals surface area (Å²) in [5.74, 6) is -1.32. The van der Waals surface area contributed by atoms with Gasteiger partial charge >= 0.3 is 5.97 Å². The number of hydrogen-bond acceptors (Lipinski definition) is 5. The zero-order chi connectivity index (χ0) is 15.3. The maximum atomic E-state index is 12.2. The van der Waals surface area contributed by atoms with Crippen LogP contribution in [0.2, 0.25) is 0 Å². The number of amides is 1. The first kappa shape index (κ1) is 16.6. The fraction of sp³-hybridized carbons (Fsp3) is 0.615. The third-order valence-electron chi connectivity index (χ3n) is 3.24. The highest BCUT2D eigenvalue weighted by Gasteiger charge is 2.33. The smallest absolute Gasteiger partial charge is 0.305 e. The topological polar surface area (TPSA) is 88.5 Å². The van der Waals surface area contributed by atoms with Crippen molar-refractivity contribution in [2.24, 2.45) is 5.92 Å². The summed E-state index contributed by atoms with van der Waals surface area (Å²) in [6, 6.07) is 0. The van der Waals surface area contributed by atoms with Crippen LogP contribution >= 0.6 is 11.3 Å². The number of nitrogens with zero attached hydrogens (tertiary/aromatic N) is 1. The van der Waals surface area contributed by atoms with Crippen LogP contribution in [0.3, 0.4) is 0 Å². The monoisotopic (exact) mass is 300 g/mol. The standard InChI is InChI=1S/C13H20N2O4S/c1-8(2)13(3,5-11(16)17)15-12(18)9-7-20-10(14-9)6-19-4/h7-8H,5-6H2,1-4H3,(H,15,18)(H,16,17). The Morgan fingerprint density at radius 2 is 2.20 bits per heavy atom. The predicted molar refractivity (Wildman–Crippen MR) is 75.8 cm³/mol.